The third-order valence-corrected chi connectivity index (χ3v) is 6.25. The summed E-state index contributed by atoms with van der Waals surface area (Å²) < 4.78 is 5.57. The van der Waals surface area contributed by atoms with Crippen LogP contribution in [0.25, 0.3) is 0 Å². The highest BCUT2D eigenvalue weighted by atomic mass is 35.5. The van der Waals surface area contributed by atoms with Crippen molar-refractivity contribution in [3.8, 4) is 0 Å². The molecule has 0 aromatic carbocycles. The van der Waals surface area contributed by atoms with E-state index in [0.29, 0.717) is 11.8 Å². The van der Waals surface area contributed by atoms with Crippen LogP contribution in [0.5, 0.6) is 0 Å². The van der Waals surface area contributed by atoms with Gasteiger partial charge in [-0.05, 0) is 32.6 Å². The summed E-state index contributed by atoms with van der Waals surface area (Å²) in [7, 11) is 0. The monoisotopic (exact) mass is 234 g/mol. The van der Waals surface area contributed by atoms with Crippen LogP contribution in [0.15, 0.2) is 0 Å². The second-order valence-electron chi connectivity index (χ2n) is 5.84. The summed E-state index contributed by atoms with van der Waals surface area (Å²) in [5.74, 6) is 1.09. The van der Waals surface area contributed by atoms with Crippen molar-refractivity contribution in [3.63, 3.8) is 0 Å². The molecule has 4 atom stereocenters. The van der Waals surface area contributed by atoms with E-state index in [2.05, 4.69) is 20.8 Å². The predicted octanol–water partition coefficient (Wildman–Crippen LogP) is 3.38. The van der Waals surface area contributed by atoms with Crippen molar-refractivity contribution < 1.29 is 4.74 Å². The van der Waals surface area contributed by atoms with Gasteiger partial charge in [-0.2, -0.15) is 0 Å². The van der Waals surface area contributed by atoms with Gasteiger partial charge in [-0.15, -0.1) is 23.2 Å². The molecule has 0 unspecified atom stereocenters. The molecular formula is C11H16Cl2O. The fraction of sp³-hybridized carbons (Fsp3) is 1.00. The number of fused-ring (bicyclic) bond motifs is 4. The van der Waals surface area contributed by atoms with Crippen LogP contribution in [-0.4, -0.2) is 16.0 Å². The number of hydrogen-bond acceptors (Lipinski definition) is 1. The summed E-state index contributed by atoms with van der Waals surface area (Å²) in [5.41, 5.74) is 0.0470. The minimum absolute atomic E-state index is 0.0143. The van der Waals surface area contributed by atoms with Crippen LogP contribution in [0.1, 0.15) is 33.6 Å². The number of halogens is 2. The van der Waals surface area contributed by atoms with Crippen LogP contribution in [-0.2, 0) is 4.74 Å². The molecule has 3 rings (SSSR count). The first-order chi connectivity index (χ1) is 6.30. The van der Waals surface area contributed by atoms with Crippen LogP contribution in [0.3, 0.4) is 0 Å². The Balaban J connectivity index is 1.96. The van der Waals surface area contributed by atoms with E-state index in [0.717, 1.165) is 12.8 Å². The van der Waals surface area contributed by atoms with Crippen molar-refractivity contribution in [2.75, 3.05) is 0 Å². The van der Waals surface area contributed by atoms with Gasteiger partial charge in [0.05, 0.1) is 11.7 Å². The lowest BCUT2D eigenvalue weighted by atomic mass is 9.77. The summed E-state index contributed by atoms with van der Waals surface area (Å²) in [4.78, 5) is 0. The molecule has 14 heavy (non-hydrogen) atoms. The molecule has 0 radical (unpaired) electrons. The van der Waals surface area contributed by atoms with Gasteiger partial charge in [0.2, 0.25) is 0 Å². The third kappa shape index (κ3) is 0.842. The molecule has 3 heteroatoms. The molecule has 3 fully saturated rings. The van der Waals surface area contributed by atoms with E-state index in [1.165, 1.54) is 0 Å². The Bertz CT molecular complexity index is 300. The second kappa shape index (κ2) is 2.28. The van der Waals surface area contributed by atoms with Crippen LogP contribution < -0.4 is 0 Å². The predicted molar refractivity (Wildman–Crippen MR) is 57.7 cm³/mol. The van der Waals surface area contributed by atoms with E-state index in [1.54, 1.807) is 0 Å². The number of hydrogen-bond donors (Lipinski definition) is 0. The number of ether oxygens (including phenoxy) is 1. The number of alkyl halides is 2. The van der Waals surface area contributed by atoms with E-state index in [1.807, 2.05) is 0 Å². The van der Waals surface area contributed by atoms with Gasteiger partial charge in [0.25, 0.3) is 0 Å². The minimum Gasteiger partial charge on any atom is -0.371 e. The van der Waals surface area contributed by atoms with Gasteiger partial charge in [-0.3, -0.25) is 0 Å². The van der Waals surface area contributed by atoms with Crippen LogP contribution >= 0.6 is 23.2 Å². The molecule has 0 spiro atoms. The van der Waals surface area contributed by atoms with Crippen molar-refractivity contribution in [1.82, 2.24) is 0 Å². The van der Waals surface area contributed by atoms with Crippen LogP contribution in [0, 0.1) is 17.3 Å². The van der Waals surface area contributed by atoms with Crippen molar-refractivity contribution in [1.29, 1.82) is 0 Å². The Labute approximate surface area is 95.1 Å². The van der Waals surface area contributed by atoms with E-state index in [9.17, 15) is 0 Å². The lowest BCUT2D eigenvalue weighted by Gasteiger charge is -2.25. The average molecular weight is 235 g/mol. The fourth-order valence-corrected chi connectivity index (χ4v) is 4.58. The zero-order valence-corrected chi connectivity index (χ0v) is 10.3. The molecule has 1 nitrogen and oxygen atoms in total. The fourth-order valence-electron chi connectivity index (χ4n) is 3.55. The Morgan fingerprint density at radius 2 is 1.79 bits per heavy atom. The molecule has 1 saturated heterocycles. The molecular weight excluding hydrogens is 219 g/mol. The maximum Gasteiger partial charge on any atom is 0.130 e. The molecule has 80 valence electrons. The summed E-state index contributed by atoms with van der Waals surface area (Å²) in [6, 6.07) is 0. The van der Waals surface area contributed by atoms with E-state index >= 15 is 0 Å². The summed E-state index contributed by atoms with van der Waals surface area (Å²) in [6.45, 7) is 6.56. The van der Waals surface area contributed by atoms with Gasteiger partial charge in [0.15, 0.2) is 0 Å². The van der Waals surface area contributed by atoms with Crippen molar-refractivity contribution >= 4 is 23.2 Å². The SMILES string of the molecule is CC1(C)O[C@H]2C[C@H]1C[C@H]1C(Cl)(Cl)[C@]21C. The molecule has 1 aliphatic heterocycles. The molecule has 0 amide bonds. The van der Waals surface area contributed by atoms with E-state index < -0.39 is 4.33 Å². The first-order valence-electron chi connectivity index (χ1n) is 5.36. The lowest BCUT2D eigenvalue weighted by molar-refractivity contribution is -0.0485. The zero-order valence-electron chi connectivity index (χ0n) is 8.81. The summed E-state index contributed by atoms with van der Waals surface area (Å²) in [5, 5.41) is 0. The largest absolute Gasteiger partial charge is 0.371 e. The van der Waals surface area contributed by atoms with Gasteiger partial charge in [0.1, 0.15) is 4.33 Å². The normalized spacial score (nSPS) is 56.8. The highest BCUT2D eigenvalue weighted by Crippen LogP contribution is 2.78. The minimum atomic E-state index is -0.525. The highest BCUT2D eigenvalue weighted by molar-refractivity contribution is 6.52. The van der Waals surface area contributed by atoms with Crippen molar-refractivity contribution in [2.45, 2.75) is 49.7 Å². The molecule has 0 aromatic heterocycles. The van der Waals surface area contributed by atoms with Crippen LogP contribution in [0.2, 0.25) is 0 Å². The zero-order chi connectivity index (χ0) is 10.4. The Kier molecular flexibility index (Phi) is 1.59. The van der Waals surface area contributed by atoms with Crippen LogP contribution in [0.4, 0.5) is 0 Å². The quantitative estimate of drug-likeness (QED) is 0.585. The van der Waals surface area contributed by atoms with E-state index in [-0.39, 0.29) is 17.1 Å². The molecule has 2 aliphatic carbocycles. The Morgan fingerprint density at radius 3 is 2.43 bits per heavy atom. The van der Waals surface area contributed by atoms with Crippen molar-refractivity contribution in [3.05, 3.63) is 0 Å². The standard InChI is InChI=1S/C11H16Cl2O/c1-9(2)6-4-7-10(3,11(7,12)13)8(5-6)14-9/h6-8H,4-5H2,1-3H3/t6-,7-,8+,10+/m1/s1. The molecule has 0 aromatic rings. The molecule has 2 saturated carbocycles. The molecule has 2 bridgehead atoms. The maximum atomic E-state index is 6.33. The van der Waals surface area contributed by atoms with Gasteiger partial charge >= 0.3 is 0 Å². The molecule has 3 aliphatic rings. The lowest BCUT2D eigenvalue weighted by Crippen LogP contribution is -2.28. The second-order valence-corrected chi connectivity index (χ2v) is 7.22. The first-order valence-corrected chi connectivity index (χ1v) is 6.11. The van der Waals surface area contributed by atoms with Gasteiger partial charge < -0.3 is 4.74 Å². The maximum absolute atomic E-state index is 6.33. The summed E-state index contributed by atoms with van der Waals surface area (Å²) >= 11 is 12.7. The average Bonchev–Trinajstić information content (AvgIpc) is 2.39. The highest BCUT2D eigenvalue weighted by Gasteiger charge is 2.80. The van der Waals surface area contributed by atoms with Gasteiger partial charge in [0, 0.05) is 11.3 Å². The summed E-state index contributed by atoms with van der Waals surface area (Å²) in [6.07, 6.45) is 2.55. The van der Waals surface area contributed by atoms with Crippen molar-refractivity contribution in [2.24, 2.45) is 17.3 Å². The molecule has 1 heterocycles. The topological polar surface area (TPSA) is 9.23 Å². The van der Waals surface area contributed by atoms with Gasteiger partial charge in [-0.25, -0.2) is 0 Å². The Morgan fingerprint density at radius 1 is 1.14 bits per heavy atom. The third-order valence-electron chi connectivity index (χ3n) is 4.91. The smallest absolute Gasteiger partial charge is 0.130 e. The van der Waals surface area contributed by atoms with Gasteiger partial charge in [-0.1, -0.05) is 6.92 Å². The molecule has 0 N–H and O–H groups in total. The number of rotatable bonds is 0. The van der Waals surface area contributed by atoms with E-state index in [4.69, 9.17) is 27.9 Å². The Hall–Kier alpha value is 0.540. The first kappa shape index (κ1) is 9.74.